The van der Waals surface area contributed by atoms with Gasteiger partial charge < -0.3 is 15.2 Å². The Morgan fingerprint density at radius 3 is 2.52 bits per heavy atom. The summed E-state index contributed by atoms with van der Waals surface area (Å²) in [6.45, 7) is 5.85. The number of nitrogens with one attached hydrogen (secondary N) is 3. The van der Waals surface area contributed by atoms with E-state index in [1.165, 1.54) is 30.3 Å². The van der Waals surface area contributed by atoms with Crippen molar-refractivity contribution in [1.29, 1.82) is 0 Å². The van der Waals surface area contributed by atoms with E-state index in [0.29, 0.717) is 37.4 Å². The van der Waals surface area contributed by atoms with Crippen LogP contribution >= 0.6 is 0 Å². The number of aromatic nitrogens is 2. The summed E-state index contributed by atoms with van der Waals surface area (Å²) in [7, 11) is 0. The van der Waals surface area contributed by atoms with Crippen LogP contribution in [-0.4, -0.2) is 87.7 Å². The largest absolute Gasteiger partial charge is 0.471 e. The summed E-state index contributed by atoms with van der Waals surface area (Å²) >= 11 is 0. The zero-order valence-corrected chi connectivity index (χ0v) is 24.8. The van der Waals surface area contributed by atoms with Gasteiger partial charge in [-0.25, -0.2) is 0 Å². The monoisotopic (exact) mass is 641 g/mol. The van der Waals surface area contributed by atoms with Gasteiger partial charge >= 0.3 is 12.1 Å². The Balaban J connectivity index is 1.14. The number of carbonyl (C=O) groups is 5. The molecular weight excluding hydrogens is 611 g/mol. The number of fused-ring (bicyclic) bond motifs is 1. The SMILES string of the molecule is CCN(CCNc1cccc2c1C(=O)N(C1CCC(=O)NC1=O)C2=O)CC(C)NC(=O)c1ccc(-c2noc(C(F)(F)F)n2)cc1. The molecule has 13 nitrogen and oxygen atoms in total. The first-order valence-corrected chi connectivity index (χ1v) is 14.5. The van der Waals surface area contributed by atoms with E-state index in [4.69, 9.17) is 0 Å². The highest BCUT2D eigenvalue weighted by Gasteiger charge is 2.45. The molecule has 0 aliphatic carbocycles. The molecular formula is C30H30F3N7O6. The number of hydrogen-bond acceptors (Lipinski definition) is 10. The molecule has 5 amide bonds. The molecule has 2 atom stereocenters. The van der Waals surface area contributed by atoms with Gasteiger partial charge in [0.1, 0.15) is 6.04 Å². The van der Waals surface area contributed by atoms with Gasteiger partial charge in [-0.15, -0.1) is 0 Å². The summed E-state index contributed by atoms with van der Waals surface area (Å²) in [6, 6.07) is 9.27. The van der Waals surface area contributed by atoms with Gasteiger partial charge in [-0.3, -0.25) is 39.1 Å². The highest BCUT2D eigenvalue weighted by atomic mass is 19.4. The van der Waals surface area contributed by atoms with Crippen LogP contribution in [0.5, 0.6) is 0 Å². The fraction of sp³-hybridized carbons (Fsp3) is 0.367. The molecule has 1 saturated heterocycles. The number of nitrogens with zero attached hydrogens (tertiary/aromatic N) is 4. The average molecular weight is 642 g/mol. The smallest absolute Gasteiger partial charge is 0.383 e. The summed E-state index contributed by atoms with van der Waals surface area (Å²) in [5.74, 6) is -4.39. The van der Waals surface area contributed by atoms with Gasteiger partial charge in [-0.05, 0) is 44.2 Å². The van der Waals surface area contributed by atoms with E-state index in [1.54, 1.807) is 12.1 Å². The molecule has 1 aromatic heterocycles. The number of carbonyl (C=O) groups excluding carboxylic acids is 5. The van der Waals surface area contributed by atoms with Crippen LogP contribution in [0.25, 0.3) is 11.4 Å². The second-order valence-electron chi connectivity index (χ2n) is 10.9. The summed E-state index contributed by atoms with van der Waals surface area (Å²) in [6.07, 6.45) is -4.66. The Hall–Kier alpha value is -5.12. The quantitative estimate of drug-likeness (QED) is 0.265. The molecule has 0 saturated carbocycles. The molecule has 242 valence electrons. The molecule has 3 N–H and O–H groups in total. The summed E-state index contributed by atoms with van der Waals surface area (Å²) < 4.78 is 42.5. The molecule has 3 heterocycles. The Kier molecular flexibility index (Phi) is 9.18. The number of hydrogen-bond donors (Lipinski definition) is 3. The number of amides is 5. The predicted octanol–water partition coefficient (Wildman–Crippen LogP) is 2.71. The third-order valence-electron chi connectivity index (χ3n) is 7.64. The molecule has 16 heteroatoms. The number of benzene rings is 2. The van der Waals surface area contributed by atoms with E-state index in [-0.39, 0.29) is 47.3 Å². The number of rotatable bonds is 11. The molecule has 2 aliphatic heterocycles. The standard InChI is InChI=1S/C30H30F3N7O6/c1-3-39(15-16(2)35-25(42)18-9-7-17(8-10-18)24-37-29(46-38-24)30(31,32)33)14-13-34-20-6-4-5-19-23(20)28(45)40(27(19)44)21-11-12-22(41)36-26(21)43/h4-10,16,21,34H,3,11-15H2,1-2H3,(H,35,42)(H,36,41,43). The molecule has 2 aliphatic rings. The lowest BCUT2D eigenvalue weighted by atomic mass is 10.0. The molecule has 2 aromatic carbocycles. The highest BCUT2D eigenvalue weighted by Crippen LogP contribution is 2.32. The van der Waals surface area contributed by atoms with Gasteiger partial charge in [-0.1, -0.05) is 30.3 Å². The summed E-state index contributed by atoms with van der Waals surface area (Å²) in [5, 5.41) is 11.6. The van der Waals surface area contributed by atoms with Gasteiger partial charge in [0, 0.05) is 48.9 Å². The number of alkyl halides is 3. The molecule has 0 spiro atoms. The summed E-state index contributed by atoms with van der Waals surface area (Å²) in [5.41, 5.74) is 1.35. The number of imide groups is 2. The minimum atomic E-state index is -4.76. The van der Waals surface area contributed by atoms with Crippen LogP contribution in [0.15, 0.2) is 47.0 Å². The third kappa shape index (κ3) is 6.75. The molecule has 3 aromatic rings. The first-order chi connectivity index (χ1) is 21.9. The lowest BCUT2D eigenvalue weighted by Crippen LogP contribution is -2.54. The Morgan fingerprint density at radius 1 is 1.13 bits per heavy atom. The normalized spacial score (nSPS) is 17.3. The minimum absolute atomic E-state index is 0.0312. The van der Waals surface area contributed by atoms with Gasteiger partial charge in [-0.2, -0.15) is 18.2 Å². The number of halogens is 3. The van der Waals surface area contributed by atoms with Crippen LogP contribution in [0.4, 0.5) is 18.9 Å². The minimum Gasteiger partial charge on any atom is -0.383 e. The van der Waals surface area contributed by atoms with Crippen molar-refractivity contribution >= 4 is 35.2 Å². The zero-order chi connectivity index (χ0) is 33.2. The van der Waals surface area contributed by atoms with Crippen LogP contribution in [0.2, 0.25) is 0 Å². The van der Waals surface area contributed by atoms with Gasteiger partial charge in [0.25, 0.3) is 17.7 Å². The van der Waals surface area contributed by atoms with E-state index in [1.807, 2.05) is 13.8 Å². The lowest BCUT2D eigenvalue weighted by Gasteiger charge is -2.28. The molecule has 46 heavy (non-hydrogen) atoms. The molecule has 0 bridgehead atoms. The van der Waals surface area contributed by atoms with Crippen molar-refractivity contribution in [2.75, 3.05) is 31.5 Å². The van der Waals surface area contributed by atoms with Crippen molar-refractivity contribution in [2.45, 2.75) is 44.9 Å². The van der Waals surface area contributed by atoms with Gasteiger partial charge in [0.05, 0.1) is 11.1 Å². The van der Waals surface area contributed by atoms with Crippen molar-refractivity contribution in [3.63, 3.8) is 0 Å². The number of likely N-dealkylation sites (N-methyl/N-ethyl adjacent to an activating group) is 1. The second-order valence-corrected chi connectivity index (χ2v) is 10.9. The highest BCUT2D eigenvalue weighted by molar-refractivity contribution is 6.25. The lowest BCUT2D eigenvalue weighted by molar-refractivity contribution is -0.159. The van der Waals surface area contributed by atoms with E-state index in [9.17, 15) is 37.1 Å². The first-order valence-electron chi connectivity index (χ1n) is 14.5. The Morgan fingerprint density at radius 2 is 1.87 bits per heavy atom. The second kappa shape index (κ2) is 13.1. The van der Waals surface area contributed by atoms with Gasteiger partial charge in [0.2, 0.25) is 17.6 Å². The molecule has 1 fully saturated rings. The Labute approximate surface area is 260 Å². The topological polar surface area (TPSA) is 167 Å². The predicted molar refractivity (Wildman–Crippen MR) is 155 cm³/mol. The van der Waals surface area contributed by atoms with E-state index >= 15 is 0 Å². The maximum Gasteiger partial charge on any atom is 0.471 e. The van der Waals surface area contributed by atoms with Crippen molar-refractivity contribution in [3.05, 3.63) is 65.0 Å². The summed E-state index contributed by atoms with van der Waals surface area (Å²) in [4.78, 5) is 69.4. The van der Waals surface area contributed by atoms with Crippen molar-refractivity contribution in [2.24, 2.45) is 0 Å². The van der Waals surface area contributed by atoms with Crippen LogP contribution in [-0.2, 0) is 15.8 Å². The maximum atomic E-state index is 13.3. The van der Waals surface area contributed by atoms with Crippen LogP contribution in [0, 0.1) is 0 Å². The van der Waals surface area contributed by atoms with Crippen molar-refractivity contribution in [1.82, 2.24) is 30.6 Å². The fourth-order valence-electron chi connectivity index (χ4n) is 5.36. The van der Waals surface area contributed by atoms with Gasteiger partial charge in [0.15, 0.2) is 0 Å². The van der Waals surface area contributed by atoms with E-state index in [0.717, 1.165) is 4.90 Å². The van der Waals surface area contributed by atoms with E-state index in [2.05, 4.69) is 35.5 Å². The first kappa shape index (κ1) is 32.3. The average Bonchev–Trinajstić information content (AvgIpc) is 3.61. The fourth-order valence-corrected chi connectivity index (χ4v) is 5.36. The van der Waals surface area contributed by atoms with Crippen molar-refractivity contribution < 1.29 is 41.7 Å². The van der Waals surface area contributed by atoms with Crippen LogP contribution < -0.4 is 16.0 Å². The zero-order valence-electron chi connectivity index (χ0n) is 24.8. The number of piperidine rings is 1. The van der Waals surface area contributed by atoms with Crippen molar-refractivity contribution in [3.8, 4) is 11.4 Å². The molecule has 2 unspecified atom stereocenters. The maximum absolute atomic E-state index is 13.3. The van der Waals surface area contributed by atoms with Crippen LogP contribution in [0.3, 0.4) is 0 Å². The van der Waals surface area contributed by atoms with Crippen LogP contribution in [0.1, 0.15) is 63.7 Å². The Bertz CT molecular complexity index is 1670. The molecule has 5 rings (SSSR count). The molecule has 0 radical (unpaired) electrons. The van der Waals surface area contributed by atoms with E-state index < -0.39 is 41.7 Å². The third-order valence-corrected chi connectivity index (χ3v) is 7.64. The number of anilines is 1.